The number of nitrogens with zero attached hydrogens (tertiary/aromatic N) is 3. The molecule has 2 N–H and O–H groups in total. The quantitative estimate of drug-likeness (QED) is 0.579. The molecule has 0 aliphatic carbocycles. The molecule has 1 aromatic carbocycles. The lowest BCUT2D eigenvalue weighted by molar-refractivity contribution is -0.138. The Labute approximate surface area is 204 Å². The summed E-state index contributed by atoms with van der Waals surface area (Å²) in [7, 11) is 0. The fourth-order valence-electron chi connectivity index (χ4n) is 5.10. The highest BCUT2D eigenvalue weighted by atomic mass is 16.5. The van der Waals surface area contributed by atoms with Gasteiger partial charge < -0.3 is 24.6 Å². The van der Waals surface area contributed by atoms with Crippen LogP contribution in [0, 0.1) is 6.92 Å². The zero-order chi connectivity index (χ0) is 24.5. The molecule has 8 heteroatoms. The number of amides is 1. The van der Waals surface area contributed by atoms with Crippen LogP contribution >= 0.6 is 0 Å². The Morgan fingerprint density at radius 3 is 2.71 bits per heavy atom. The minimum absolute atomic E-state index is 0.136. The standard InChI is InChI=1S/C27H31N3O5/c1-16-13-19(5-9-28-16)24-22-4-3-20(32)14-23(22)26(29-25(24)18-7-11-34-12-8-18)35-21-6-10-30(15-21)27(33)17(2)31/h3-5,9,13-14,17-18,21,31-32H,6-8,10-12,15H2,1-2H3. The number of phenolic OH excluding ortho intramolecular Hbond substituents is 1. The van der Waals surface area contributed by atoms with E-state index in [4.69, 9.17) is 14.5 Å². The van der Waals surface area contributed by atoms with Gasteiger partial charge in [-0.1, -0.05) is 0 Å². The Morgan fingerprint density at radius 2 is 1.97 bits per heavy atom. The smallest absolute Gasteiger partial charge is 0.251 e. The molecular formula is C27H31N3O5. The van der Waals surface area contributed by atoms with Gasteiger partial charge in [-0.3, -0.25) is 9.78 Å². The van der Waals surface area contributed by atoms with Crippen molar-refractivity contribution in [2.75, 3.05) is 26.3 Å². The number of ether oxygens (including phenoxy) is 2. The maximum Gasteiger partial charge on any atom is 0.251 e. The number of hydrogen-bond acceptors (Lipinski definition) is 7. The molecule has 2 saturated heterocycles. The first kappa shape index (κ1) is 23.5. The zero-order valence-electron chi connectivity index (χ0n) is 20.1. The van der Waals surface area contributed by atoms with Gasteiger partial charge in [0.1, 0.15) is 18.0 Å². The van der Waals surface area contributed by atoms with Crippen LogP contribution in [0.2, 0.25) is 0 Å². The van der Waals surface area contributed by atoms with Crippen molar-refractivity contribution in [2.24, 2.45) is 0 Å². The van der Waals surface area contributed by atoms with Crippen molar-refractivity contribution in [2.45, 2.75) is 51.2 Å². The average molecular weight is 478 g/mol. The molecule has 1 amide bonds. The van der Waals surface area contributed by atoms with E-state index in [-0.39, 0.29) is 23.7 Å². The van der Waals surface area contributed by atoms with Crippen molar-refractivity contribution in [1.29, 1.82) is 0 Å². The highest BCUT2D eigenvalue weighted by molar-refractivity contribution is 6.01. The number of phenols is 1. The second-order valence-corrected chi connectivity index (χ2v) is 9.47. The molecule has 2 atom stereocenters. The van der Waals surface area contributed by atoms with E-state index in [1.54, 1.807) is 23.2 Å². The van der Waals surface area contributed by atoms with Gasteiger partial charge in [-0.2, -0.15) is 0 Å². The Balaban J connectivity index is 1.61. The van der Waals surface area contributed by atoms with E-state index in [0.717, 1.165) is 46.1 Å². The molecule has 2 aliphatic heterocycles. The van der Waals surface area contributed by atoms with Crippen LogP contribution in [-0.2, 0) is 9.53 Å². The van der Waals surface area contributed by atoms with Crippen molar-refractivity contribution >= 4 is 16.7 Å². The van der Waals surface area contributed by atoms with Crippen molar-refractivity contribution in [3.63, 3.8) is 0 Å². The number of pyridine rings is 2. The largest absolute Gasteiger partial charge is 0.508 e. The van der Waals surface area contributed by atoms with Gasteiger partial charge in [0.2, 0.25) is 5.88 Å². The van der Waals surface area contributed by atoms with Crippen molar-refractivity contribution in [3.05, 3.63) is 47.9 Å². The number of likely N-dealkylation sites (tertiary alicyclic amines) is 1. The number of aromatic hydroxyl groups is 1. The summed E-state index contributed by atoms with van der Waals surface area (Å²) < 4.78 is 12.0. The molecule has 2 aliphatic rings. The number of aryl methyl sites for hydroxylation is 1. The summed E-state index contributed by atoms with van der Waals surface area (Å²) in [5.74, 6) is 0.517. The number of aliphatic hydroxyl groups is 1. The third kappa shape index (κ3) is 4.81. The number of aromatic nitrogens is 2. The summed E-state index contributed by atoms with van der Waals surface area (Å²) in [5.41, 5.74) is 3.94. The Kier molecular flexibility index (Phi) is 6.58. The van der Waals surface area contributed by atoms with Crippen LogP contribution in [0.25, 0.3) is 21.9 Å². The highest BCUT2D eigenvalue weighted by Crippen LogP contribution is 2.42. The first-order chi connectivity index (χ1) is 16.9. The molecule has 8 nitrogen and oxygen atoms in total. The molecule has 0 bridgehead atoms. The molecule has 4 heterocycles. The first-order valence-electron chi connectivity index (χ1n) is 12.2. The minimum Gasteiger partial charge on any atom is -0.508 e. The zero-order valence-corrected chi connectivity index (χ0v) is 20.1. The maximum atomic E-state index is 12.2. The maximum absolute atomic E-state index is 12.2. The van der Waals surface area contributed by atoms with Gasteiger partial charge >= 0.3 is 0 Å². The number of rotatable bonds is 5. The van der Waals surface area contributed by atoms with E-state index < -0.39 is 6.10 Å². The van der Waals surface area contributed by atoms with Crippen LogP contribution in [0.3, 0.4) is 0 Å². The topological polar surface area (TPSA) is 105 Å². The van der Waals surface area contributed by atoms with Gasteiger partial charge in [-0.05, 0) is 68.0 Å². The van der Waals surface area contributed by atoms with Crippen LogP contribution in [0.1, 0.15) is 43.5 Å². The van der Waals surface area contributed by atoms with Crippen LogP contribution in [0.4, 0.5) is 0 Å². The molecule has 5 rings (SSSR count). The number of carbonyl (C=O) groups is 1. The minimum atomic E-state index is -1.03. The summed E-state index contributed by atoms with van der Waals surface area (Å²) in [6, 6.07) is 9.36. The third-order valence-electron chi connectivity index (χ3n) is 6.87. The summed E-state index contributed by atoms with van der Waals surface area (Å²) in [6.45, 7) is 5.74. The summed E-state index contributed by atoms with van der Waals surface area (Å²) in [5, 5.41) is 21.7. The fourth-order valence-corrected chi connectivity index (χ4v) is 5.10. The second kappa shape index (κ2) is 9.79. The molecule has 184 valence electrons. The molecule has 35 heavy (non-hydrogen) atoms. The van der Waals surface area contributed by atoms with Crippen molar-refractivity contribution < 1.29 is 24.5 Å². The molecule has 2 unspecified atom stereocenters. The lowest BCUT2D eigenvalue weighted by atomic mass is 9.87. The Bertz CT molecular complexity index is 1240. The number of fused-ring (bicyclic) bond motifs is 1. The van der Waals surface area contributed by atoms with E-state index in [9.17, 15) is 15.0 Å². The monoisotopic (exact) mass is 477 g/mol. The number of aliphatic hydroxyl groups excluding tert-OH is 1. The van der Waals surface area contributed by atoms with Crippen LogP contribution in [0.15, 0.2) is 36.5 Å². The lowest BCUT2D eigenvalue weighted by Gasteiger charge is -2.26. The molecule has 3 aromatic rings. The highest BCUT2D eigenvalue weighted by Gasteiger charge is 2.31. The van der Waals surface area contributed by atoms with Crippen molar-refractivity contribution in [1.82, 2.24) is 14.9 Å². The Morgan fingerprint density at radius 1 is 1.17 bits per heavy atom. The predicted octanol–water partition coefficient (Wildman–Crippen LogP) is 3.57. The molecule has 2 aromatic heterocycles. The van der Waals surface area contributed by atoms with Gasteiger partial charge in [0.05, 0.1) is 12.2 Å². The third-order valence-corrected chi connectivity index (χ3v) is 6.87. The molecule has 2 fully saturated rings. The summed E-state index contributed by atoms with van der Waals surface area (Å²) in [4.78, 5) is 23.3. The van der Waals surface area contributed by atoms with Gasteiger partial charge in [0.25, 0.3) is 5.91 Å². The number of carbonyl (C=O) groups excluding carboxylic acids is 1. The van der Waals surface area contributed by atoms with E-state index in [1.807, 2.05) is 19.1 Å². The van der Waals surface area contributed by atoms with Gasteiger partial charge in [-0.15, -0.1) is 0 Å². The number of benzene rings is 1. The molecule has 0 spiro atoms. The fraction of sp³-hybridized carbons (Fsp3) is 0.444. The molecular weight excluding hydrogens is 446 g/mol. The van der Waals surface area contributed by atoms with E-state index in [1.165, 1.54) is 6.92 Å². The van der Waals surface area contributed by atoms with E-state index >= 15 is 0 Å². The predicted molar refractivity (Wildman–Crippen MR) is 131 cm³/mol. The van der Waals surface area contributed by atoms with Crippen molar-refractivity contribution in [3.8, 4) is 22.8 Å². The summed E-state index contributed by atoms with van der Waals surface area (Å²) in [6.07, 6.45) is 2.92. The van der Waals surface area contributed by atoms with E-state index in [2.05, 4.69) is 11.1 Å². The van der Waals surface area contributed by atoms with Gasteiger partial charge in [0.15, 0.2) is 0 Å². The van der Waals surface area contributed by atoms with Crippen LogP contribution in [-0.4, -0.2) is 69.5 Å². The Hall–Kier alpha value is -3.23. The van der Waals surface area contributed by atoms with Gasteiger partial charge in [-0.25, -0.2) is 4.98 Å². The lowest BCUT2D eigenvalue weighted by Crippen LogP contribution is -2.37. The van der Waals surface area contributed by atoms with Crippen LogP contribution < -0.4 is 4.74 Å². The first-order valence-corrected chi connectivity index (χ1v) is 12.2. The van der Waals surface area contributed by atoms with Gasteiger partial charge in [0, 0.05) is 54.9 Å². The normalized spacial score (nSPS) is 19.7. The SMILES string of the molecule is Cc1cc(-c2c(C3CCOCC3)nc(OC3CCN(C(=O)C(C)O)C3)c3cc(O)ccc23)ccn1. The van der Waals surface area contributed by atoms with E-state index in [0.29, 0.717) is 38.6 Å². The average Bonchev–Trinajstić information content (AvgIpc) is 3.32. The molecule has 0 saturated carbocycles. The molecule has 0 radical (unpaired) electrons. The number of hydrogen-bond donors (Lipinski definition) is 2. The second-order valence-electron chi connectivity index (χ2n) is 9.47. The summed E-state index contributed by atoms with van der Waals surface area (Å²) >= 11 is 0. The van der Waals surface area contributed by atoms with Crippen LogP contribution in [0.5, 0.6) is 11.6 Å².